The minimum absolute atomic E-state index is 0.0539. The lowest BCUT2D eigenvalue weighted by Gasteiger charge is -2.43. The molecular formula is C19H38N6O5. The fraction of sp³-hybridized carbons (Fsp3) is 0.842. The Morgan fingerprint density at radius 2 is 1.20 bits per heavy atom. The highest BCUT2D eigenvalue weighted by Crippen LogP contribution is 2.30. The first-order valence-electron chi connectivity index (χ1n) is 10.7. The number of rotatable bonds is 17. The number of unbranched alkanes of at least 4 members (excludes halogenated alkanes) is 2. The van der Waals surface area contributed by atoms with Crippen molar-refractivity contribution in [1.29, 1.82) is 0 Å². The second kappa shape index (κ2) is 14.3. The molecule has 30 heavy (non-hydrogen) atoms. The van der Waals surface area contributed by atoms with Crippen LogP contribution < -0.4 is 16.4 Å². The van der Waals surface area contributed by atoms with Gasteiger partial charge in [0.1, 0.15) is 0 Å². The van der Waals surface area contributed by atoms with Gasteiger partial charge in [0.15, 0.2) is 0 Å². The number of aromatic nitrogens is 3. The van der Waals surface area contributed by atoms with E-state index in [9.17, 15) is 0 Å². The number of nitrogens with zero attached hydrogens (tertiary/aromatic N) is 4. The van der Waals surface area contributed by atoms with E-state index in [1.165, 1.54) is 4.90 Å². The molecule has 1 rings (SSSR count). The number of anilines is 3. The van der Waals surface area contributed by atoms with Crippen LogP contribution in [-0.4, -0.2) is 60.5 Å². The molecule has 1 aromatic heterocycles. The van der Waals surface area contributed by atoms with Crippen molar-refractivity contribution in [2.24, 2.45) is 0 Å². The zero-order valence-corrected chi connectivity index (χ0v) is 18.9. The Labute approximate surface area is 179 Å². The molecule has 0 bridgehead atoms. The highest BCUT2D eigenvalue weighted by atomic mass is 16.9. The third-order valence-corrected chi connectivity index (χ3v) is 3.88. The molecule has 174 valence electrons. The third kappa shape index (κ3) is 7.80. The summed E-state index contributed by atoms with van der Waals surface area (Å²) in [6, 6.07) is 0. The molecule has 0 fully saturated rings. The molecule has 0 saturated carbocycles. The first-order valence-corrected chi connectivity index (χ1v) is 10.7. The molecule has 11 nitrogen and oxygen atoms in total. The Hall–Kier alpha value is -1.79. The summed E-state index contributed by atoms with van der Waals surface area (Å²) in [7, 11) is 0. The van der Waals surface area contributed by atoms with E-state index in [4.69, 9.17) is 35.2 Å². The van der Waals surface area contributed by atoms with Crippen LogP contribution in [0.3, 0.4) is 0 Å². The quantitative estimate of drug-likeness (QED) is 0.278. The maximum Gasteiger partial charge on any atom is 0.383 e. The molecule has 0 unspecified atom stereocenters. The van der Waals surface area contributed by atoms with Crippen LogP contribution >= 0.6 is 0 Å². The molecule has 4 N–H and O–H groups in total. The second-order valence-corrected chi connectivity index (χ2v) is 6.30. The summed E-state index contributed by atoms with van der Waals surface area (Å²) in [5.74, 6) is -0.0446. The summed E-state index contributed by atoms with van der Waals surface area (Å²) in [5.41, 5.74) is 11.7. The van der Waals surface area contributed by atoms with E-state index in [0.717, 1.165) is 25.7 Å². The van der Waals surface area contributed by atoms with Crippen molar-refractivity contribution in [1.82, 2.24) is 15.0 Å². The van der Waals surface area contributed by atoms with Crippen LogP contribution in [0.5, 0.6) is 0 Å². The van der Waals surface area contributed by atoms with Gasteiger partial charge < -0.3 is 35.2 Å². The fourth-order valence-corrected chi connectivity index (χ4v) is 2.59. The summed E-state index contributed by atoms with van der Waals surface area (Å²) in [5, 5.41) is 0. The third-order valence-electron chi connectivity index (χ3n) is 3.88. The van der Waals surface area contributed by atoms with Crippen LogP contribution in [0.4, 0.5) is 17.8 Å². The van der Waals surface area contributed by atoms with Gasteiger partial charge in [0.05, 0.1) is 33.0 Å². The van der Waals surface area contributed by atoms with Gasteiger partial charge in [-0.3, -0.25) is 0 Å². The van der Waals surface area contributed by atoms with Gasteiger partial charge in [0.2, 0.25) is 24.3 Å². The van der Waals surface area contributed by atoms with Crippen molar-refractivity contribution < 1.29 is 23.7 Å². The van der Waals surface area contributed by atoms with E-state index >= 15 is 0 Å². The van der Waals surface area contributed by atoms with E-state index in [2.05, 4.69) is 28.8 Å². The van der Waals surface area contributed by atoms with Crippen molar-refractivity contribution in [2.45, 2.75) is 72.8 Å². The molecule has 0 spiro atoms. The van der Waals surface area contributed by atoms with Gasteiger partial charge >= 0.3 is 6.10 Å². The van der Waals surface area contributed by atoms with Gasteiger partial charge in [-0.05, 0) is 33.6 Å². The minimum atomic E-state index is -1.71. The smallest absolute Gasteiger partial charge is 0.368 e. The van der Waals surface area contributed by atoms with Crippen LogP contribution in [0.15, 0.2) is 0 Å². The van der Waals surface area contributed by atoms with Crippen LogP contribution in [0.25, 0.3) is 0 Å². The fourth-order valence-electron chi connectivity index (χ4n) is 2.59. The van der Waals surface area contributed by atoms with Gasteiger partial charge in [-0.15, -0.1) is 0 Å². The molecule has 0 amide bonds. The number of nitrogen functional groups attached to an aromatic ring is 2. The Bertz CT molecular complexity index is 547. The Morgan fingerprint density at radius 1 is 0.767 bits per heavy atom. The van der Waals surface area contributed by atoms with Crippen molar-refractivity contribution in [3.8, 4) is 0 Å². The second-order valence-electron chi connectivity index (χ2n) is 6.30. The maximum absolute atomic E-state index is 6.05. The molecule has 0 atom stereocenters. The van der Waals surface area contributed by atoms with Crippen molar-refractivity contribution in [3.05, 3.63) is 0 Å². The van der Waals surface area contributed by atoms with Gasteiger partial charge in [-0.1, -0.05) is 26.7 Å². The van der Waals surface area contributed by atoms with Crippen LogP contribution in [-0.2, 0) is 23.7 Å². The highest BCUT2D eigenvalue weighted by molar-refractivity contribution is 5.40. The molecule has 1 aromatic rings. The summed E-state index contributed by atoms with van der Waals surface area (Å²) >= 11 is 0. The summed E-state index contributed by atoms with van der Waals surface area (Å²) < 4.78 is 29.9. The lowest BCUT2D eigenvalue weighted by molar-refractivity contribution is -0.393. The van der Waals surface area contributed by atoms with E-state index < -0.39 is 12.5 Å². The predicted octanol–water partition coefficient (Wildman–Crippen LogP) is 2.48. The summed E-state index contributed by atoms with van der Waals surface area (Å²) in [6.45, 7) is 11.4. The maximum atomic E-state index is 6.05. The predicted molar refractivity (Wildman–Crippen MR) is 114 cm³/mol. The van der Waals surface area contributed by atoms with Crippen LogP contribution in [0, 0.1) is 0 Å². The Balaban J connectivity index is 3.51. The summed E-state index contributed by atoms with van der Waals surface area (Å²) in [4.78, 5) is 13.7. The molecule has 0 radical (unpaired) electrons. The summed E-state index contributed by atoms with van der Waals surface area (Å²) in [6.07, 6.45) is 0.930. The Morgan fingerprint density at radius 3 is 1.57 bits per heavy atom. The molecule has 0 aliphatic carbocycles. The Kier molecular flexibility index (Phi) is 12.5. The van der Waals surface area contributed by atoms with Gasteiger partial charge in [-0.2, -0.15) is 15.0 Å². The number of nitrogens with two attached hydrogens (primary N) is 2. The number of hydrogen-bond acceptors (Lipinski definition) is 11. The normalized spacial score (nSPS) is 11.9. The highest BCUT2D eigenvalue weighted by Gasteiger charge is 2.48. The molecule has 11 heteroatoms. The van der Waals surface area contributed by atoms with Gasteiger partial charge in [0.25, 0.3) is 0 Å². The SMILES string of the molecule is CCCCOC(OCCCC)N(c1nc(N)nc(N)n1)C(OCC)(OCC)OCC. The van der Waals surface area contributed by atoms with Crippen LogP contribution in [0.1, 0.15) is 60.3 Å². The van der Waals surface area contributed by atoms with Crippen molar-refractivity contribution >= 4 is 17.8 Å². The number of ether oxygens (including phenoxy) is 5. The monoisotopic (exact) mass is 430 g/mol. The molecule has 0 aliphatic heterocycles. The average Bonchev–Trinajstić information content (AvgIpc) is 2.68. The van der Waals surface area contributed by atoms with Crippen LogP contribution in [0.2, 0.25) is 0 Å². The lowest BCUT2D eigenvalue weighted by Crippen LogP contribution is -2.61. The topological polar surface area (TPSA) is 140 Å². The first kappa shape index (κ1) is 26.2. The van der Waals surface area contributed by atoms with Crippen molar-refractivity contribution in [3.63, 3.8) is 0 Å². The van der Waals surface area contributed by atoms with E-state index in [-0.39, 0.29) is 37.7 Å². The zero-order chi connectivity index (χ0) is 22.4. The lowest BCUT2D eigenvalue weighted by atomic mass is 10.4. The molecule has 1 heterocycles. The first-order chi connectivity index (χ1) is 14.5. The number of hydrogen-bond donors (Lipinski definition) is 2. The molecular weight excluding hydrogens is 392 g/mol. The van der Waals surface area contributed by atoms with E-state index in [1.807, 2.05) is 20.8 Å². The largest absolute Gasteiger partial charge is 0.383 e. The molecule has 0 aliphatic rings. The van der Waals surface area contributed by atoms with Gasteiger partial charge in [0, 0.05) is 0 Å². The van der Waals surface area contributed by atoms with Gasteiger partial charge in [-0.25, -0.2) is 4.90 Å². The average molecular weight is 431 g/mol. The standard InChI is InChI=1S/C19H38N6O5/c1-6-11-13-26-18(27-14-12-7-2)25(17-23-15(20)22-16(21)24-17)19(28-8-3,29-9-4)30-10-5/h18H,6-14H2,1-5H3,(H4,20,21,22,23,24). The van der Waals surface area contributed by atoms with E-state index in [1.54, 1.807) is 0 Å². The van der Waals surface area contributed by atoms with Crippen molar-refractivity contribution in [2.75, 3.05) is 49.4 Å². The van der Waals surface area contributed by atoms with E-state index in [0.29, 0.717) is 13.2 Å². The molecule has 0 aromatic carbocycles. The molecule has 0 saturated heterocycles. The minimum Gasteiger partial charge on any atom is -0.368 e. The zero-order valence-electron chi connectivity index (χ0n) is 18.9.